The van der Waals surface area contributed by atoms with Crippen molar-refractivity contribution in [3.63, 3.8) is 0 Å². The van der Waals surface area contributed by atoms with E-state index >= 15 is 0 Å². The zero-order chi connectivity index (χ0) is 16.3. The van der Waals surface area contributed by atoms with Gasteiger partial charge < -0.3 is 9.84 Å². The van der Waals surface area contributed by atoms with Crippen LogP contribution in [0.2, 0.25) is 0 Å². The summed E-state index contributed by atoms with van der Waals surface area (Å²) in [5.74, 6) is -0.117. The lowest BCUT2D eigenvalue weighted by Gasteiger charge is -2.28. The lowest BCUT2D eigenvalue weighted by atomic mass is 9.98. The predicted octanol–water partition coefficient (Wildman–Crippen LogP) is 4.55. The molecule has 4 heteroatoms. The van der Waals surface area contributed by atoms with Crippen LogP contribution >= 0.6 is 11.8 Å². The molecule has 0 fully saturated rings. The van der Waals surface area contributed by atoms with Crippen LogP contribution < -0.4 is 4.74 Å². The smallest absolute Gasteiger partial charge is 0.328 e. The number of carboxylic acids is 1. The molecule has 1 N–H and O–H groups in total. The molecule has 1 aliphatic rings. The Kier molecular flexibility index (Phi) is 4.81. The molecule has 1 aromatic rings. The fourth-order valence-corrected chi connectivity index (χ4v) is 3.49. The lowest BCUT2D eigenvalue weighted by molar-refractivity contribution is -0.131. The van der Waals surface area contributed by atoms with Crippen LogP contribution in [0.25, 0.3) is 5.57 Å². The van der Waals surface area contributed by atoms with E-state index in [-0.39, 0.29) is 4.75 Å². The van der Waals surface area contributed by atoms with Crippen molar-refractivity contribution in [2.45, 2.75) is 30.4 Å². The average Bonchev–Trinajstić information content (AvgIpc) is 2.42. The zero-order valence-corrected chi connectivity index (χ0v) is 14.0. The first kappa shape index (κ1) is 16.4. The number of aliphatic carboxylic acids is 1. The van der Waals surface area contributed by atoms with E-state index in [0.29, 0.717) is 5.57 Å². The van der Waals surface area contributed by atoms with Gasteiger partial charge >= 0.3 is 5.97 Å². The second kappa shape index (κ2) is 6.44. The van der Waals surface area contributed by atoms with Crippen molar-refractivity contribution in [2.75, 3.05) is 7.11 Å². The monoisotopic (exact) mass is 316 g/mol. The van der Waals surface area contributed by atoms with Gasteiger partial charge in [-0.2, -0.15) is 0 Å². The molecule has 1 aromatic carbocycles. The summed E-state index contributed by atoms with van der Waals surface area (Å²) in [6, 6.07) is 6.05. The van der Waals surface area contributed by atoms with Crippen molar-refractivity contribution in [3.8, 4) is 5.75 Å². The van der Waals surface area contributed by atoms with Crippen LogP contribution in [0.1, 0.15) is 26.3 Å². The fraction of sp³-hybridized carbons (Fsp3) is 0.278. The normalized spacial score (nSPS) is 17.1. The summed E-state index contributed by atoms with van der Waals surface area (Å²) < 4.78 is 5.30. The minimum absolute atomic E-state index is 0.00826. The number of rotatable bonds is 4. The number of benzene rings is 1. The van der Waals surface area contributed by atoms with Crippen LogP contribution in [0.3, 0.4) is 0 Å². The average molecular weight is 316 g/mol. The van der Waals surface area contributed by atoms with E-state index in [2.05, 4.69) is 26.0 Å². The van der Waals surface area contributed by atoms with Crippen molar-refractivity contribution in [2.24, 2.45) is 0 Å². The third kappa shape index (κ3) is 4.04. The van der Waals surface area contributed by atoms with Gasteiger partial charge in [-0.15, -0.1) is 11.8 Å². The Morgan fingerprint density at radius 2 is 2.09 bits per heavy atom. The van der Waals surface area contributed by atoms with Gasteiger partial charge in [-0.25, -0.2) is 4.79 Å². The molecule has 1 aliphatic heterocycles. The molecule has 3 nitrogen and oxygen atoms in total. The van der Waals surface area contributed by atoms with Gasteiger partial charge in [0.15, 0.2) is 0 Å². The number of fused-ring (bicyclic) bond motifs is 1. The maximum absolute atomic E-state index is 10.7. The molecule has 0 saturated carbocycles. The van der Waals surface area contributed by atoms with Crippen LogP contribution in [0.15, 0.2) is 53.0 Å². The molecule has 0 bridgehead atoms. The minimum atomic E-state index is -0.933. The summed E-state index contributed by atoms with van der Waals surface area (Å²) >= 11 is 1.81. The largest absolute Gasteiger partial charge is 0.497 e. The van der Waals surface area contributed by atoms with Gasteiger partial charge in [0.2, 0.25) is 0 Å². The molecule has 1 heterocycles. The number of methoxy groups -OCH3 is 1. The third-order valence-corrected chi connectivity index (χ3v) is 4.47. The molecule has 0 aliphatic carbocycles. The van der Waals surface area contributed by atoms with Crippen LogP contribution in [-0.2, 0) is 4.79 Å². The van der Waals surface area contributed by atoms with E-state index < -0.39 is 5.97 Å². The van der Waals surface area contributed by atoms with Gasteiger partial charge in [-0.1, -0.05) is 18.2 Å². The second-order valence-electron chi connectivity index (χ2n) is 5.73. The first-order valence-corrected chi connectivity index (χ1v) is 7.82. The Morgan fingerprint density at radius 3 is 2.73 bits per heavy atom. The number of carbonyl (C=O) groups is 1. The Bertz CT molecular complexity index is 682. The van der Waals surface area contributed by atoms with Crippen molar-refractivity contribution in [3.05, 3.63) is 53.6 Å². The topological polar surface area (TPSA) is 46.5 Å². The fourth-order valence-electron chi connectivity index (χ4n) is 2.32. The predicted molar refractivity (Wildman–Crippen MR) is 91.4 cm³/mol. The van der Waals surface area contributed by atoms with Crippen molar-refractivity contribution in [1.29, 1.82) is 0 Å². The molecule has 0 aromatic heterocycles. The molecule has 0 radical (unpaired) electrons. The molecular formula is C18H20O3S. The minimum Gasteiger partial charge on any atom is -0.497 e. The maximum Gasteiger partial charge on any atom is 0.328 e. The summed E-state index contributed by atoms with van der Waals surface area (Å²) in [7, 11) is 1.65. The number of thioether (sulfide) groups is 1. The molecule has 0 spiro atoms. The van der Waals surface area contributed by atoms with Gasteiger partial charge in [-0.3, -0.25) is 0 Å². The summed E-state index contributed by atoms with van der Waals surface area (Å²) in [5, 5.41) is 8.79. The lowest BCUT2D eigenvalue weighted by Crippen LogP contribution is -2.15. The number of hydrogen-bond donors (Lipinski definition) is 1. The highest BCUT2D eigenvalue weighted by atomic mass is 32.2. The Labute approximate surface area is 135 Å². The summed E-state index contributed by atoms with van der Waals surface area (Å²) in [5.41, 5.74) is 2.90. The SMILES string of the molecule is COc1ccc2c(c1)C(C=CC(C)=CC(=O)O)=CC(C)(C)S2. The maximum atomic E-state index is 10.7. The highest BCUT2D eigenvalue weighted by Crippen LogP contribution is 2.45. The highest BCUT2D eigenvalue weighted by molar-refractivity contribution is 8.01. The molecule has 0 saturated heterocycles. The highest BCUT2D eigenvalue weighted by Gasteiger charge is 2.25. The van der Waals surface area contributed by atoms with E-state index in [0.717, 1.165) is 16.9 Å². The number of carboxylic acid groups (broad SMARTS) is 1. The zero-order valence-electron chi connectivity index (χ0n) is 13.2. The van der Waals surface area contributed by atoms with E-state index in [9.17, 15) is 4.79 Å². The second-order valence-corrected chi connectivity index (χ2v) is 7.42. The number of allylic oxidation sites excluding steroid dienone is 4. The summed E-state index contributed by atoms with van der Waals surface area (Å²) in [4.78, 5) is 11.9. The van der Waals surface area contributed by atoms with Crippen molar-refractivity contribution >= 4 is 23.3 Å². The molecular weight excluding hydrogens is 296 g/mol. The molecule has 116 valence electrons. The van der Waals surface area contributed by atoms with E-state index in [1.165, 1.54) is 11.0 Å². The molecule has 22 heavy (non-hydrogen) atoms. The first-order chi connectivity index (χ1) is 10.3. The third-order valence-electron chi connectivity index (χ3n) is 3.25. The van der Waals surface area contributed by atoms with Crippen molar-refractivity contribution in [1.82, 2.24) is 0 Å². The molecule has 2 rings (SSSR count). The summed E-state index contributed by atoms with van der Waals surface area (Å²) in [6.45, 7) is 6.11. The standard InChI is InChI=1S/C18H20O3S/c1-12(9-17(19)20)5-6-13-11-18(2,3)22-16-8-7-14(21-4)10-15(13)16/h5-11H,1-4H3,(H,19,20). The summed E-state index contributed by atoms with van der Waals surface area (Å²) in [6.07, 6.45) is 7.19. The van der Waals surface area contributed by atoms with Crippen LogP contribution in [0.4, 0.5) is 0 Å². The van der Waals surface area contributed by atoms with E-state index in [1.807, 2.05) is 36.0 Å². The van der Waals surface area contributed by atoms with Crippen molar-refractivity contribution < 1.29 is 14.6 Å². The number of ether oxygens (including phenoxy) is 1. The van der Waals surface area contributed by atoms with Crippen LogP contribution in [-0.4, -0.2) is 22.9 Å². The van der Waals surface area contributed by atoms with Crippen LogP contribution in [0.5, 0.6) is 5.75 Å². The molecule has 0 atom stereocenters. The van der Waals surface area contributed by atoms with E-state index in [1.54, 1.807) is 14.0 Å². The van der Waals surface area contributed by atoms with E-state index in [4.69, 9.17) is 9.84 Å². The van der Waals surface area contributed by atoms with Gasteiger partial charge in [0.1, 0.15) is 5.75 Å². The molecule has 0 amide bonds. The Balaban J connectivity index is 2.43. The van der Waals surface area contributed by atoms with Gasteiger partial charge in [-0.05, 0) is 55.7 Å². The van der Waals surface area contributed by atoms with Gasteiger partial charge in [0.05, 0.1) is 7.11 Å². The van der Waals surface area contributed by atoms with Gasteiger partial charge in [0, 0.05) is 15.7 Å². The first-order valence-electron chi connectivity index (χ1n) is 7.00. The number of hydrogen-bond acceptors (Lipinski definition) is 3. The van der Waals surface area contributed by atoms with Crippen LogP contribution in [0, 0.1) is 0 Å². The van der Waals surface area contributed by atoms with Gasteiger partial charge in [0.25, 0.3) is 0 Å². The Hall–Kier alpha value is -1.94. The molecule has 0 unspecified atom stereocenters. The quantitative estimate of drug-likeness (QED) is 0.654. The Morgan fingerprint density at radius 1 is 1.36 bits per heavy atom.